The van der Waals surface area contributed by atoms with Crippen molar-refractivity contribution in [2.24, 2.45) is 0 Å². The molecule has 0 aliphatic rings. The van der Waals surface area contributed by atoms with Gasteiger partial charge in [-0.3, -0.25) is 4.79 Å². The summed E-state index contributed by atoms with van der Waals surface area (Å²) in [6.45, 7) is 6.63. The maximum Gasteiger partial charge on any atom is 0.313 e. The Morgan fingerprint density at radius 2 is 1.66 bits per heavy atom. The third kappa shape index (κ3) is 5.37. The molecule has 0 fully saturated rings. The second kappa shape index (κ2) is 9.91. The fourth-order valence-corrected chi connectivity index (χ4v) is 3.56. The zero-order valence-electron chi connectivity index (χ0n) is 17.3. The maximum atomic E-state index is 11.4. The molecule has 29 heavy (non-hydrogen) atoms. The minimum Gasteiger partial charge on any atom is -0.481 e. The van der Waals surface area contributed by atoms with Crippen LogP contribution in [0.1, 0.15) is 49.9 Å². The Hall–Kier alpha value is -2.36. The Bertz CT molecular complexity index is 945. The number of carbonyl (C=O) groups is 1. The van der Waals surface area contributed by atoms with E-state index in [1.807, 2.05) is 24.3 Å². The Morgan fingerprint density at radius 3 is 2.34 bits per heavy atom. The van der Waals surface area contributed by atoms with Crippen molar-refractivity contribution in [1.29, 1.82) is 0 Å². The molecule has 3 aromatic carbocycles. The summed E-state index contributed by atoms with van der Waals surface area (Å²) in [7, 11) is 0. The summed E-state index contributed by atoms with van der Waals surface area (Å²) in [6.07, 6.45) is 2.01. The SMILES string of the molecule is C[C@@H](NCCCc1ccc(C(C)(C)C(=O)O)cc1)c1cccc2ccccc12.Cl. The van der Waals surface area contributed by atoms with Gasteiger partial charge in [-0.15, -0.1) is 12.4 Å². The first-order valence-corrected chi connectivity index (χ1v) is 9.93. The fourth-order valence-electron chi connectivity index (χ4n) is 3.56. The number of hydrogen-bond donors (Lipinski definition) is 2. The number of rotatable bonds is 8. The lowest BCUT2D eigenvalue weighted by Gasteiger charge is -2.20. The van der Waals surface area contributed by atoms with Crippen LogP contribution in [0, 0.1) is 0 Å². The van der Waals surface area contributed by atoms with E-state index >= 15 is 0 Å². The van der Waals surface area contributed by atoms with E-state index in [0.717, 1.165) is 24.9 Å². The van der Waals surface area contributed by atoms with Gasteiger partial charge in [-0.1, -0.05) is 66.7 Å². The molecular formula is C25H30ClNO2. The minimum atomic E-state index is -0.853. The van der Waals surface area contributed by atoms with Gasteiger partial charge in [0.05, 0.1) is 5.41 Å². The first-order valence-electron chi connectivity index (χ1n) is 9.93. The van der Waals surface area contributed by atoms with Gasteiger partial charge in [0.25, 0.3) is 0 Å². The molecule has 3 rings (SSSR count). The second-order valence-corrected chi connectivity index (χ2v) is 7.97. The van der Waals surface area contributed by atoms with Crippen molar-refractivity contribution >= 4 is 29.1 Å². The molecule has 3 nitrogen and oxygen atoms in total. The lowest BCUT2D eigenvalue weighted by atomic mass is 9.84. The van der Waals surface area contributed by atoms with Gasteiger partial charge in [0.2, 0.25) is 0 Å². The van der Waals surface area contributed by atoms with E-state index in [1.165, 1.54) is 21.9 Å². The molecule has 0 amide bonds. The van der Waals surface area contributed by atoms with Crippen LogP contribution >= 0.6 is 12.4 Å². The average Bonchev–Trinajstić information content (AvgIpc) is 2.71. The Morgan fingerprint density at radius 1 is 1.00 bits per heavy atom. The normalized spacial score (nSPS) is 12.4. The van der Waals surface area contributed by atoms with Crippen LogP contribution in [0.2, 0.25) is 0 Å². The van der Waals surface area contributed by atoms with Crippen LogP contribution in [0.25, 0.3) is 10.8 Å². The zero-order chi connectivity index (χ0) is 20.1. The molecule has 0 saturated carbocycles. The summed E-state index contributed by atoms with van der Waals surface area (Å²) in [5, 5.41) is 15.6. The Labute approximate surface area is 179 Å². The zero-order valence-corrected chi connectivity index (χ0v) is 18.1. The van der Waals surface area contributed by atoms with Crippen LogP contribution in [0.5, 0.6) is 0 Å². The highest BCUT2D eigenvalue weighted by Crippen LogP contribution is 2.25. The first kappa shape index (κ1) is 22.9. The Balaban J connectivity index is 0.00000300. The van der Waals surface area contributed by atoms with Gasteiger partial charge < -0.3 is 10.4 Å². The molecule has 0 saturated heterocycles. The number of carboxylic acid groups (broad SMARTS) is 1. The number of halogens is 1. The number of benzene rings is 3. The van der Waals surface area contributed by atoms with E-state index in [0.29, 0.717) is 6.04 Å². The largest absolute Gasteiger partial charge is 0.481 e. The predicted molar refractivity (Wildman–Crippen MR) is 123 cm³/mol. The average molecular weight is 412 g/mol. The van der Waals surface area contributed by atoms with Crippen molar-refractivity contribution in [2.45, 2.75) is 45.1 Å². The summed E-state index contributed by atoms with van der Waals surface area (Å²) in [6, 6.07) is 23.3. The minimum absolute atomic E-state index is 0. The standard InChI is InChI=1S/C25H29NO2.ClH/c1-18(22-12-6-10-20-9-4-5-11-23(20)22)26-17-7-8-19-13-15-21(16-14-19)25(2,3)24(27)28;/h4-6,9-16,18,26H,7-8,17H2,1-3H3,(H,27,28);1H/t18-;/m1./s1. The molecule has 2 N–H and O–H groups in total. The molecule has 0 bridgehead atoms. The number of carboxylic acids is 1. The van der Waals surface area contributed by atoms with Gasteiger partial charge in [0.1, 0.15) is 0 Å². The molecule has 0 aromatic heterocycles. The molecule has 4 heteroatoms. The van der Waals surface area contributed by atoms with E-state index in [9.17, 15) is 9.90 Å². The summed E-state index contributed by atoms with van der Waals surface area (Å²) >= 11 is 0. The quantitative estimate of drug-likeness (QED) is 0.453. The molecule has 1 atom stereocenters. The lowest BCUT2D eigenvalue weighted by molar-refractivity contribution is -0.142. The van der Waals surface area contributed by atoms with Crippen LogP contribution in [0.15, 0.2) is 66.7 Å². The number of nitrogens with one attached hydrogen (secondary N) is 1. The van der Waals surface area contributed by atoms with Crippen molar-refractivity contribution in [3.05, 3.63) is 83.4 Å². The maximum absolute atomic E-state index is 11.4. The van der Waals surface area contributed by atoms with Gasteiger partial charge >= 0.3 is 5.97 Å². The topological polar surface area (TPSA) is 49.3 Å². The monoisotopic (exact) mass is 411 g/mol. The van der Waals surface area contributed by atoms with Crippen molar-refractivity contribution in [2.75, 3.05) is 6.54 Å². The molecule has 0 aliphatic carbocycles. The van der Waals surface area contributed by atoms with Crippen molar-refractivity contribution in [3.63, 3.8) is 0 Å². The fraction of sp³-hybridized carbons (Fsp3) is 0.320. The van der Waals surface area contributed by atoms with Gasteiger partial charge in [-0.2, -0.15) is 0 Å². The van der Waals surface area contributed by atoms with Gasteiger partial charge in [0.15, 0.2) is 0 Å². The molecule has 0 spiro atoms. The van der Waals surface area contributed by atoms with E-state index in [2.05, 4.69) is 54.7 Å². The molecule has 0 heterocycles. The van der Waals surface area contributed by atoms with E-state index < -0.39 is 11.4 Å². The van der Waals surface area contributed by atoms with Gasteiger partial charge in [-0.05, 0) is 67.6 Å². The number of fused-ring (bicyclic) bond motifs is 1. The summed E-state index contributed by atoms with van der Waals surface area (Å²) in [4.78, 5) is 11.4. The second-order valence-electron chi connectivity index (χ2n) is 7.97. The Kier molecular flexibility index (Phi) is 7.83. The van der Waals surface area contributed by atoms with Crippen molar-refractivity contribution in [3.8, 4) is 0 Å². The van der Waals surface area contributed by atoms with E-state index in [4.69, 9.17) is 0 Å². The highest BCUT2D eigenvalue weighted by Gasteiger charge is 2.29. The number of aryl methyl sites for hydroxylation is 1. The van der Waals surface area contributed by atoms with Crippen LogP contribution in [-0.2, 0) is 16.6 Å². The van der Waals surface area contributed by atoms with Crippen LogP contribution in [-0.4, -0.2) is 17.6 Å². The van der Waals surface area contributed by atoms with Crippen LogP contribution in [0.3, 0.4) is 0 Å². The van der Waals surface area contributed by atoms with E-state index in [-0.39, 0.29) is 12.4 Å². The third-order valence-electron chi connectivity index (χ3n) is 5.59. The third-order valence-corrected chi connectivity index (χ3v) is 5.59. The number of aliphatic carboxylic acids is 1. The van der Waals surface area contributed by atoms with Crippen molar-refractivity contribution < 1.29 is 9.90 Å². The first-order chi connectivity index (χ1) is 13.4. The van der Waals surface area contributed by atoms with E-state index in [1.54, 1.807) is 13.8 Å². The van der Waals surface area contributed by atoms with Gasteiger partial charge in [-0.25, -0.2) is 0 Å². The highest BCUT2D eigenvalue weighted by molar-refractivity contribution is 5.86. The molecular weight excluding hydrogens is 382 g/mol. The molecule has 0 radical (unpaired) electrons. The highest BCUT2D eigenvalue weighted by atomic mass is 35.5. The summed E-state index contributed by atoms with van der Waals surface area (Å²) in [5.41, 5.74) is 2.56. The van der Waals surface area contributed by atoms with Crippen molar-refractivity contribution in [1.82, 2.24) is 5.32 Å². The van der Waals surface area contributed by atoms with Gasteiger partial charge in [0, 0.05) is 6.04 Å². The molecule has 3 aromatic rings. The van der Waals surface area contributed by atoms with Crippen LogP contribution < -0.4 is 5.32 Å². The smallest absolute Gasteiger partial charge is 0.313 e. The molecule has 0 unspecified atom stereocenters. The predicted octanol–water partition coefficient (Wildman–Crippen LogP) is 5.91. The van der Waals surface area contributed by atoms with Crippen LogP contribution in [0.4, 0.5) is 0 Å². The number of hydrogen-bond acceptors (Lipinski definition) is 2. The molecule has 154 valence electrons. The summed E-state index contributed by atoms with van der Waals surface area (Å²) < 4.78 is 0. The molecule has 0 aliphatic heterocycles. The summed E-state index contributed by atoms with van der Waals surface area (Å²) in [5.74, 6) is -0.799. The lowest BCUT2D eigenvalue weighted by Crippen LogP contribution is -2.28.